The average molecular weight is 275 g/mol. The van der Waals surface area contributed by atoms with E-state index in [1.807, 2.05) is 6.92 Å². The molecule has 1 rings (SSSR count). The van der Waals surface area contributed by atoms with Crippen LogP contribution in [0.4, 0.5) is 0 Å². The second-order valence-electron chi connectivity index (χ2n) is 4.71. The number of aliphatic carboxylic acids is 1. The highest BCUT2D eigenvalue weighted by Crippen LogP contribution is 2.13. The first kappa shape index (κ1) is 16.0. The number of amides is 1. The number of carbonyl (C=O) groups is 2. The summed E-state index contributed by atoms with van der Waals surface area (Å²) < 4.78 is 0. The van der Waals surface area contributed by atoms with Gasteiger partial charge in [-0.15, -0.1) is 0 Å². The number of nitrogens with one attached hydrogen (secondary N) is 1. The molecule has 0 aliphatic carbocycles. The van der Waals surface area contributed by atoms with Gasteiger partial charge in [0.05, 0.1) is 0 Å². The first-order chi connectivity index (χ1) is 9.54. The molecule has 0 atom stereocenters. The normalized spacial score (nSPS) is 10.7. The van der Waals surface area contributed by atoms with Gasteiger partial charge in [-0.25, -0.2) is 4.79 Å². The van der Waals surface area contributed by atoms with Crippen LogP contribution in [-0.2, 0) is 4.79 Å². The van der Waals surface area contributed by atoms with E-state index < -0.39 is 5.97 Å². The van der Waals surface area contributed by atoms with Gasteiger partial charge in [0.15, 0.2) is 0 Å². The number of benzene rings is 1. The average Bonchev–Trinajstić information content (AvgIpc) is 2.41. The second-order valence-corrected chi connectivity index (χ2v) is 4.71. The molecule has 0 radical (unpaired) electrons. The molecule has 0 saturated heterocycles. The van der Waals surface area contributed by atoms with Gasteiger partial charge in [0.25, 0.3) is 5.91 Å². The predicted octanol–water partition coefficient (Wildman–Crippen LogP) is 3.01. The lowest BCUT2D eigenvalue weighted by atomic mass is 10.0. The zero-order chi connectivity index (χ0) is 15.0. The third-order valence-electron chi connectivity index (χ3n) is 3.00. The SMILES string of the molecule is CCCCCNC(=O)c1ccc(/C=C/C(=O)O)c(C)c1. The van der Waals surface area contributed by atoms with Gasteiger partial charge >= 0.3 is 5.97 Å². The highest BCUT2D eigenvalue weighted by molar-refractivity contribution is 5.95. The number of hydrogen-bond donors (Lipinski definition) is 2. The van der Waals surface area contributed by atoms with E-state index in [0.29, 0.717) is 12.1 Å². The lowest BCUT2D eigenvalue weighted by molar-refractivity contribution is -0.131. The van der Waals surface area contributed by atoms with E-state index in [-0.39, 0.29) is 5.91 Å². The molecule has 0 unspecified atom stereocenters. The molecule has 1 aromatic carbocycles. The van der Waals surface area contributed by atoms with Crippen molar-refractivity contribution in [2.24, 2.45) is 0 Å². The van der Waals surface area contributed by atoms with E-state index in [0.717, 1.165) is 36.5 Å². The topological polar surface area (TPSA) is 66.4 Å². The highest BCUT2D eigenvalue weighted by atomic mass is 16.4. The van der Waals surface area contributed by atoms with E-state index in [2.05, 4.69) is 12.2 Å². The van der Waals surface area contributed by atoms with Gasteiger partial charge in [-0.2, -0.15) is 0 Å². The minimum atomic E-state index is -0.984. The molecule has 1 amide bonds. The quantitative estimate of drug-likeness (QED) is 0.594. The van der Waals surface area contributed by atoms with Crippen LogP contribution in [0.5, 0.6) is 0 Å². The summed E-state index contributed by atoms with van der Waals surface area (Å²) in [4.78, 5) is 22.4. The van der Waals surface area contributed by atoms with Crippen molar-refractivity contribution in [1.82, 2.24) is 5.32 Å². The van der Waals surface area contributed by atoms with Crippen LogP contribution in [0.25, 0.3) is 6.08 Å². The summed E-state index contributed by atoms with van der Waals surface area (Å²) >= 11 is 0. The lowest BCUT2D eigenvalue weighted by Gasteiger charge is -2.07. The standard InChI is InChI=1S/C16H21NO3/c1-3-4-5-10-17-16(20)14-7-6-13(12(2)11-14)8-9-15(18)19/h6-9,11H,3-5,10H2,1-2H3,(H,17,20)(H,18,19)/b9-8+. The molecule has 108 valence electrons. The summed E-state index contributed by atoms with van der Waals surface area (Å²) in [7, 11) is 0. The predicted molar refractivity (Wildman–Crippen MR) is 79.7 cm³/mol. The van der Waals surface area contributed by atoms with Crippen molar-refractivity contribution < 1.29 is 14.7 Å². The third-order valence-corrected chi connectivity index (χ3v) is 3.00. The van der Waals surface area contributed by atoms with E-state index in [9.17, 15) is 9.59 Å². The van der Waals surface area contributed by atoms with Gasteiger partial charge in [0, 0.05) is 18.2 Å². The summed E-state index contributed by atoms with van der Waals surface area (Å²) in [5.74, 6) is -1.07. The number of carbonyl (C=O) groups excluding carboxylic acids is 1. The van der Waals surface area contributed by atoms with Crippen molar-refractivity contribution in [2.45, 2.75) is 33.1 Å². The Morgan fingerprint density at radius 2 is 2.05 bits per heavy atom. The van der Waals surface area contributed by atoms with Crippen LogP contribution in [0, 0.1) is 6.92 Å². The van der Waals surface area contributed by atoms with Crippen molar-refractivity contribution >= 4 is 18.0 Å². The van der Waals surface area contributed by atoms with Crippen LogP contribution in [0.15, 0.2) is 24.3 Å². The molecule has 0 aliphatic heterocycles. The van der Waals surface area contributed by atoms with Gasteiger partial charge < -0.3 is 10.4 Å². The third kappa shape index (κ3) is 5.26. The fourth-order valence-electron chi connectivity index (χ4n) is 1.84. The molecule has 2 N–H and O–H groups in total. The Balaban J connectivity index is 2.66. The van der Waals surface area contributed by atoms with Crippen molar-refractivity contribution in [2.75, 3.05) is 6.54 Å². The fraction of sp³-hybridized carbons (Fsp3) is 0.375. The summed E-state index contributed by atoms with van der Waals surface area (Å²) in [6, 6.07) is 5.25. The summed E-state index contributed by atoms with van der Waals surface area (Å²) in [5.41, 5.74) is 2.28. The van der Waals surface area contributed by atoms with Crippen LogP contribution in [0.2, 0.25) is 0 Å². The smallest absolute Gasteiger partial charge is 0.328 e. The molecule has 1 aromatic rings. The number of aryl methyl sites for hydroxylation is 1. The molecule has 0 fully saturated rings. The van der Waals surface area contributed by atoms with Gasteiger partial charge in [-0.05, 0) is 42.7 Å². The first-order valence-corrected chi connectivity index (χ1v) is 6.84. The molecule has 0 aliphatic rings. The van der Waals surface area contributed by atoms with Crippen LogP contribution in [0.3, 0.4) is 0 Å². The number of carboxylic acid groups (broad SMARTS) is 1. The molecule has 0 bridgehead atoms. The molecule has 4 nitrogen and oxygen atoms in total. The van der Waals surface area contributed by atoms with Crippen LogP contribution in [0.1, 0.15) is 47.7 Å². The summed E-state index contributed by atoms with van der Waals surface area (Å²) in [6.07, 6.45) is 5.84. The number of carboxylic acids is 1. The highest BCUT2D eigenvalue weighted by Gasteiger charge is 2.06. The van der Waals surface area contributed by atoms with Gasteiger partial charge in [-0.1, -0.05) is 25.8 Å². The lowest BCUT2D eigenvalue weighted by Crippen LogP contribution is -2.24. The van der Waals surface area contributed by atoms with E-state index in [1.165, 1.54) is 6.08 Å². The van der Waals surface area contributed by atoms with Crippen molar-refractivity contribution in [3.63, 3.8) is 0 Å². The number of hydrogen-bond acceptors (Lipinski definition) is 2. The van der Waals surface area contributed by atoms with E-state index in [1.54, 1.807) is 18.2 Å². The fourth-order valence-corrected chi connectivity index (χ4v) is 1.84. The minimum absolute atomic E-state index is 0.0852. The zero-order valence-electron chi connectivity index (χ0n) is 12.0. The van der Waals surface area contributed by atoms with Crippen molar-refractivity contribution in [3.8, 4) is 0 Å². The monoisotopic (exact) mass is 275 g/mol. The van der Waals surface area contributed by atoms with Gasteiger partial charge in [0.2, 0.25) is 0 Å². The van der Waals surface area contributed by atoms with Gasteiger partial charge in [0.1, 0.15) is 0 Å². The second kappa shape index (κ2) is 8.15. The maximum Gasteiger partial charge on any atom is 0.328 e. The Hall–Kier alpha value is -2.10. The maximum absolute atomic E-state index is 11.9. The molecular weight excluding hydrogens is 254 g/mol. The zero-order valence-corrected chi connectivity index (χ0v) is 12.0. The molecular formula is C16H21NO3. The molecule has 0 saturated carbocycles. The Kier molecular flexibility index (Phi) is 6.50. The molecule has 0 aromatic heterocycles. The van der Waals surface area contributed by atoms with Crippen LogP contribution in [-0.4, -0.2) is 23.5 Å². The molecule has 0 heterocycles. The Morgan fingerprint density at radius 1 is 1.30 bits per heavy atom. The number of rotatable bonds is 7. The van der Waals surface area contributed by atoms with Crippen LogP contribution >= 0.6 is 0 Å². The Labute approximate surface area is 119 Å². The van der Waals surface area contributed by atoms with Crippen molar-refractivity contribution in [1.29, 1.82) is 0 Å². The Morgan fingerprint density at radius 3 is 2.65 bits per heavy atom. The molecule has 4 heteroatoms. The summed E-state index contributed by atoms with van der Waals surface area (Å²) in [5, 5.41) is 11.5. The first-order valence-electron chi connectivity index (χ1n) is 6.84. The minimum Gasteiger partial charge on any atom is -0.478 e. The van der Waals surface area contributed by atoms with Gasteiger partial charge in [-0.3, -0.25) is 4.79 Å². The number of unbranched alkanes of at least 4 members (excludes halogenated alkanes) is 2. The summed E-state index contributed by atoms with van der Waals surface area (Å²) in [6.45, 7) is 4.66. The largest absolute Gasteiger partial charge is 0.478 e. The Bertz CT molecular complexity index is 506. The molecule has 0 spiro atoms. The van der Waals surface area contributed by atoms with Crippen LogP contribution < -0.4 is 5.32 Å². The van der Waals surface area contributed by atoms with E-state index >= 15 is 0 Å². The van der Waals surface area contributed by atoms with Crippen molar-refractivity contribution in [3.05, 3.63) is 41.0 Å². The van der Waals surface area contributed by atoms with E-state index in [4.69, 9.17) is 5.11 Å². The maximum atomic E-state index is 11.9. The molecule has 20 heavy (non-hydrogen) atoms.